The highest BCUT2D eigenvalue weighted by atomic mass is 32.2. The summed E-state index contributed by atoms with van der Waals surface area (Å²) >= 11 is 0. The van der Waals surface area contributed by atoms with Gasteiger partial charge in [0.15, 0.2) is 12.4 Å². The Hall–Kier alpha value is -2.75. The molecule has 9 heteroatoms. The van der Waals surface area contributed by atoms with Crippen LogP contribution in [0.4, 0.5) is 5.69 Å². The van der Waals surface area contributed by atoms with Crippen LogP contribution in [0.2, 0.25) is 0 Å². The molecule has 3 rings (SSSR count). The van der Waals surface area contributed by atoms with E-state index in [9.17, 15) is 18.0 Å². The molecule has 0 spiro atoms. The van der Waals surface area contributed by atoms with Gasteiger partial charge in [-0.15, -0.1) is 0 Å². The minimum Gasteiger partial charge on any atom is -0.484 e. The summed E-state index contributed by atoms with van der Waals surface area (Å²) in [4.78, 5) is 23.9. The predicted molar refractivity (Wildman–Crippen MR) is 111 cm³/mol. The van der Waals surface area contributed by atoms with Crippen molar-refractivity contribution in [1.29, 1.82) is 0 Å². The summed E-state index contributed by atoms with van der Waals surface area (Å²) in [6.45, 7) is 2.99. The van der Waals surface area contributed by atoms with E-state index in [1.54, 1.807) is 31.2 Å². The quantitative estimate of drug-likeness (QED) is 0.643. The lowest BCUT2D eigenvalue weighted by Crippen LogP contribution is -2.40. The summed E-state index contributed by atoms with van der Waals surface area (Å²) in [5, 5.41) is 2.66. The Morgan fingerprint density at radius 2 is 1.67 bits per heavy atom. The maximum Gasteiger partial charge on any atom is 0.262 e. The molecular weight excluding hydrogens is 408 g/mol. The number of nitrogens with zero attached hydrogens (tertiary/aromatic N) is 1. The first kappa shape index (κ1) is 21.9. The Labute approximate surface area is 175 Å². The minimum absolute atomic E-state index is 0.0402. The second-order valence-electron chi connectivity index (χ2n) is 6.68. The van der Waals surface area contributed by atoms with E-state index in [0.29, 0.717) is 49.7 Å². The zero-order chi connectivity index (χ0) is 21.6. The average molecular weight is 432 g/mol. The van der Waals surface area contributed by atoms with Gasteiger partial charge in [0.1, 0.15) is 5.75 Å². The van der Waals surface area contributed by atoms with Crippen LogP contribution in [0.5, 0.6) is 5.75 Å². The van der Waals surface area contributed by atoms with E-state index in [1.807, 2.05) is 0 Å². The van der Waals surface area contributed by atoms with Gasteiger partial charge in [-0.3, -0.25) is 9.59 Å². The molecule has 0 atom stereocenters. The monoisotopic (exact) mass is 432 g/mol. The third-order valence-electron chi connectivity index (χ3n) is 4.61. The third kappa shape index (κ3) is 5.44. The van der Waals surface area contributed by atoms with Crippen molar-refractivity contribution in [3.63, 3.8) is 0 Å². The number of ketones is 1. The number of amides is 1. The molecule has 1 aliphatic heterocycles. The highest BCUT2D eigenvalue weighted by Crippen LogP contribution is 2.19. The zero-order valence-corrected chi connectivity index (χ0v) is 17.5. The standard InChI is InChI=1S/C21H24N2O6S/c1-2-20(24)16-3-7-18(8-4-16)29-15-21(25)22-17-5-9-19(10-6-17)30(26,27)23-11-13-28-14-12-23/h3-10H,2,11-15H2,1H3,(H,22,25). The number of sulfonamides is 1. The van der Waals surface area contributed by atoms with Crippen LogP contribution in [0, 0.1) is 0 Å². The second kappa shape index (κ2) is 9.84. The Bertz CT molecular complexity index is 981. The molecule has 0 saturated carbocycles. The number of carbonyl (C=O) groups excluding carboxylic acids is 2. The molecule has 2 aromatic rings. The molecule has 0 radical (unpaired) electrons. The highest BCUT2D eigenvalue weighted by molar-refractivity contribution is 7.89. The minimum atomic E-state index is -3.57. The van der Waals surface area contributed by atoms with Crippen LogP contribution in [0.3, 0.4) is 0 Å². The summed E-state index contributed by atoms with van der Waals surface area (Å²) in [5.41, 5.74) is 1.06. The summed E-state index contributed by atoms with van der Waals surface area (Å²) < 4.78 is 37.2. The molecule has 1 N–H and O–H groups in total. The average Bonchev–Trinajstić information content (AvgIpc) is 2.78. The summed E-state index contributed by atoms with van der Waals surface area (Å²) in [7, 11) is -3.57. The van der Waals surface area contributed by atoms with Crippen molar-refractivity contribution in [2.24, 2.45) is 0 Å². The molecular formula is C21H24N2O6S. The third-order valence-corrected chi connectivity index (χ3v) is 6.53. The van der Waals surface area contributed by atoms with Gasteiger partial charge in [-0.2, -0.15) is 4.31 Å². The summed E-state index contributed by atoms with van der Waals surface area (Å²) in [5.74, 6) is 0.135. The number of Topliss-reactive ketones (excluding diaryl/α,β-unsaturated/α-hetero) is 1. The van der Waals surface area contributed by atoms with Crippen LogP contribution in [-0.2, 0) is 19.6 Å². The van der Waals surface area contributed by atoms with Gasteiger partial charge < -0.3 is 14.8 Å². The predicted octanol–water partition coefficient (Wildman–Crippen LogP) is 2.32. The molecule has 0 aromatic heterocycles. The maximum absolute atomic E-state index is 12.6. The van der Waals surface area contributed by atoms with E-state index in [-0.39, 0.29) is 23.2 Å². The second-order valence-corrected chi connectivity index (χ2v) is 8.62. The molecule has 1 fully saturated rings. The van der Waals surface area contributed by atoms with E-state index < -0.39 is 10.0 Å². The summed E-state index contributed by atoms with van der Waals surface area (Å²) in [6, 6.07) is 12.6. The lowest BCUT2D eigenvalue weighted by Gasteiger charge is -2.26. The Kier molecular flexibility index (Phi) is 7.20. The topological polar surface area (TPSA) is 102 Å². The largest absolute Gasteiger partial charge is 0.484 e. The Balaban J connectivity index is 1.53. The van der Waals surface area contributed by atoms with E-state index in [0.717, 1.165) is 0 Å². The molecule has 2 aromatic carbocycles. The Morgan fingerprint density at radius 1 is 1.03 bits per heavy atom. The molecule has 160 valence electrons. The van der Waals surface area contributed by atoms with Crippen LogP contribution in [0.25, 0.3) is 0 Å². The van der Waals surface area contributed by atoms with Crippen LogP contribution in [-0.4, -0.2) is 57.3 Å². The van der Waals surface area contributed by atoms with Gasteiger partial charge >= 0.3 is 0 Å². The van der Waals surface area contributed by atoms with Crippen molar-refractivity contribution in [3.05, 3.63) is 54.1 Å². The van der Waals surface area contributed by atoms with Crippen LogP contribution < -0.4 is 10.1 Å². The van der Waals surface area contributed by atoms with Crippen LogP contribution in [0.15, 0.2) is 53.4 Å². The number of rotatable bonds is 8. The summed E-state index contributed by atoms with van der Waals surface area (Å²) in [6.07, 6.45) is 0.426. The molecule has 0 aliphatic carbocycles. The van der Waals surface area contributed by atoms with Gasteiger partial charge in [0.25, 0.3) is 5.91 Å². The highest BCUT2D eigenvalue weighted by Gasteiger charge is 2.26. The SMILES string of the molecule is CCC(=O)c1ccc(OCC(=O)Nc2ccc(S(=O)(=O)N3CCOCC3)cc2)cc1. The van der Waals surface area contributed by atoms with Crippen molar-refractivity contribution < 1.29 is 27.5 Å². The smallest absolute Gasteiger partial charge is 0.262 e. The van der Waals surface area contributed by atoms with Crippen molar-refractivity contribution in [2.75, 3.05) is 38.2 Å². The van der Waals surface area contributed by atoms with Gasteiger partial charge in [0.2, 0.25) is 10.0 Å². The first-order valence-electron chi connectivity index (χ1n) is 9.64. The number of carbonyl (C=O) groups is 2. The molecule has 0 bridgehead atoms. The molecule has 1 saturated heterocycles. The molecule has 1 heterocycles. The number of nitrogens with one attached hydrogen (secondary N) is 1. The van der Waals surface area contributed by atoms with Crippen molar-refractivity contribution >= 4 is 27.4 Å². The fraction of sp³-hybridized carbons (Fsp3) is 0.333. The molecule has 8 nitrogen and oxygen atoms in total. The van der Waals surface area contributed by atoms with Gasteiger partial charge in [-0.05, 0) is 48.5 Å². The van der Waals surface area contributed by atoms with Crippen LogP contribution >= 0.6 is 0 Å². The first-order valence-corrected chi connectivity index (χ1v) is 11.1. The number of anilines is 1. The number of hydrogen-bond acceptors (Lipinski definition) is 6. The molecule has 1 amide bonds. The van der Waals surface area contributed by atoms with E-state index in [2.05, 4.69) is 5.32 Å². The zero-order valence-electron chi connectivity index (χ0n) is 16.7. The molecule has 1 aliphatic rings. The fourth-order valence-corrected chi connectivity index (χ4v) is 4.34. The Morgan fingerprint density at radius 3 is 2.27 bits per heavy atom. The number of morpholine rings is 1. The van der Waals surface area contributed by atoms with E-state index in [1.165, 1.54) is 28.6 Å². The number of benzene rings is 2. The van der Waals surface area contributed by atoms with E-state index >= 15 is 0 Å². The van der Waals surface area contributed by atoms with Gasteiger partial charge in [0, 0.05) is 30.8 Å². The lowest BCUT2D eigenvalue weighted by atomic mass is 10.1. The van der Waals surface area contributed by atoms with Crippen LogP contribution in [0.1, 0.15) is 23.7 Å². The normalized spacial score (nSPS) is 14.8. The van der Waals surface area contributed by atoms with Crippen molar-refractivity contribution in [1.82, 2.24) is 4.31 Å². The van der Waals surface area contributed by atoms with Crippen molar-refractivity contribution in [2.45, 2.75) is 18.2 Å². The number of hydrogen-bond donors (Lipinski definition) is 1. The van der Waals surface area contributed by atoms with Crippen molar-refractivity contribution in [3.8, 4) is 5.75 Å². The van der Waals surface area contributed by atoms with Gasteiger partial charge in [0.05, 0.1) is 18.1 Å². The lowest BCUT2D eigenvalue weighted by molar-refractivity contribution is -0.118. The van der Waals surface area contributed by atoms with Gasteiger partial charge in [-0.1, -0.05) is 6.92 Å². The first-order chi connectivity index (χ1) is 14.4. The molecule has 0 unspecified atom stereocenters. The van der Waals surface area contributed by atoms with E-state index in [4.69, 9.17) is 9.47 Å². The fourth-order valence-electron chi connectivity index (χ4n) is 2.93. The van der Waals surface area contributed by atoms with Gasteiger partial charge in [-0.25, -0.2) is 8.42 Å². The maximum atomic E-state index is 12.6. The molecule has 30 heavy (non-hydrogen) atoms. The number of ether oxygens (including phenoxy) is 2.